The fourth-order valence-corrected chi connectivity index (χ4v) is 3.18. The number of para-hydroxylation sites is 1. The Bertz CT molecular complexity index is 1230. The Kier molecular flexibility index (Phi) is 5.50. The van der Waals surface area contributed by atoms with E-state index in [0.717, 1.165) is 16.5 Å². The number of aromatic nitrogens is 1. The van der Waals surface area contributed by atoms with Crippen LogP contribution in [-0.4, -0.2) is 15.6 Å². The fourth-order valence-electron chi connectivity index (χ4n) is 3.05. The van der Waals surface area contributed by atoms with Gasteiger partial charge in [0.2, 0.25) is 5.88 Å². The summed E-state index contributed by atoms with van der Waals surface area (Å²) in [6, 6.07) is 21.4. The van der Waals surface area contributed by atoms with Gasteiger partial charge in [0, 0.05) is 23.0 Å². The number of benzene rings is 3. The molecule has 7 heteroatoms. The number of amides is 1. The van der Waals surface area contributed by atoms with Gasteiger partial charge in [0.05, 0.1) is 5.52 Å². The molecular formula is C23H18ClN3O3. The van der Waals surface area contributed by atoms with E-state index in [1.165, 1.54) is 0 Å². The third-order valence-electron chi connectivity index (χ3n) is 4.71. The van der Waals surface area contributed by atoms with Crippen LogP contribution in [0, 0.1) is 0 Å². The monoisotopic (exact) mass is 419 g/mol. The Morgan fingerprint density at radius 2 is 1.73 bits per heavy atom. The lowest BCUT2D eigenvalue weighted by Crippen LogP contribution is -1.97. The maximum absolute atomic E-state index is 12.4. The average molecular weight is 420 g/mol. The Balaban J connectivity index is 1.45. The highest BCUT2D eigenvalue weighted by Gasteiger charge is 2.14. The van der Waals surface area contributed by atoms with E-state index in [9.17, 15) is 9.90 Å². The van der Waals surface area contributed by atoms with Crippen LogP contribution in [0.3, 0.4) is 0 Å². The van der Waals surface area contributed by atoms with Crippen molar-refractivity contribution in [3.8, 4) is 11.6 Å². The molecule has 0 saturated heterocycles. The number of azo groups is 1. The predicted octanol–water partition coefficient (Wildman–Crippen LogP) is 6.04. The van der Waals surface area contributed by atoms with E-state index in [-0.39, 0.29) is 11.6 Å². The van der Waals surface area contributed by atoms with Gasteiger partial charge in [0.1, 0.15) is 12.4 Å². The van der Waals surface area contributed by atoms with Crippen molar-refractivity contribution in [2.75, 3.05) is 0 Å². The largest absolute Gasteiger partial charge is 0.493 e. The molecular weight excluding hydrogens is 402 g/mol. The van der Waals surface area contributed by atoms with Crippen molar-refractivity contribution in [2.45, 2.75) is 6.61 Å². The minimum atomic E-state index is -0.508. The van der Waals surface area contributed by atoms with Gasteiger partial charge in [-0.1, -0.05) is 41.9 Å². The smallest absolute Gasteiger partial charge is 0.295 e. The van der Waals surface area contributed by atoms with Crippen LogP contribution in [0.5, 0.6) is 11.6 Å². The molecule has 150 valence electrons. The molecule has 4 rings (SSSR count). The lowest BCUT2D eigenvalue weighted by Gasteiger charge is -2.06. The van der Waals surface area contributed by atoms with Crippen molar-refractivity contribution in [1.82, 2.24) is 4.57 Å². The molecule has 0 radical (unpaired) electrons. The molecule has 1 aromatic heterocycles. The summed E-state index contributed by atoms with van der Waals surface area (Å²) in [5, 5.41) is 19.5. The molecule has 0 atom stereocenters. The van der Waals surface area contributed by atoms with Crippen molar-refractivity contribution >= 4 is 34.1 Å². The number of nitrogens with zero attached hydrogens (tertiary/aromatic N) is 3. The van der Waals surface area contributed by atoms with Crippen molar-refractivity contribution in [1.29, 1.82) is 0 Å². The summed E-state index contributed by atoms with van der Waals surface area (Å²) < 4.78 is 7.32. The zero-order valence-electron chi connectivity index (χ0n) is 16.1. The number of aryl methyl sites for hydroxylation is 1. The van der Waals surface area contributed by atoms with E-state index >= 15 is 0 Å². The van der Waals surface area contributed by atoms with Crippen molar-refractivity contribution < 1.29 is 14.6 Å². The molecule has 0 unspecified atom stereocenters. The second-order valence-corrected chi connectivity index (χ2v) is 7.13. The van der Waals surface area contributed by atoms with Crippen LogP contribution >= 0.6 is 11.6 Å². The summed E-state index contributed by atoms with van der Waals surface area (Å²) in [5.41, 5.74) is 2.43. The van der Waals surface area contributed by atoms with Crippen LogP contribution in [0.1, 0.15) is 15.9 Å². The lowest BCUT2D eigenvalue weighted by molar-refractivity contribution is 0.0995. The Morgan fingerprint density at radius 1 is 1.03 bits per heavy atom. The Morgan fingerprint density at radius 3 is 2.47 bits per heavy atom. The van der Waals surface area contributed by atoms with Crippen LogP contribution < -0.4 is 4.74 Å². The van der Waals surface area contributed by atoms with Crippen LogP contribution in [0.2, 0.25) is 5.02 Å². The minimum Gasteiger partial charge on any atom is -0.493 e. The van der Waals surface area contributed by atoms with Crippen LogP contribution in [-0.2, 0) is 13.7 Å². The van der Waals surface area contributed by atoms with Gasteiger partial charge in [-0.2, -0.15) is 0 Å². The summed E-state index contributed by atoms with van der Waals surface area (Å²) in [6.45, 7) is 0.393. The molecule has 0 aliphatic heterocycles. The van der Waals surface area contributed by atoms with Crippen LogP contribution in [0.4, 0.5) is 5.69 Å². The van der Waals surface area contributed by atoms with Crippen molar-refractivity contribution in [3.63, 3.8) is 0 Å². The third-order valence-corrected chi connectivity index (χ3v) is 4.96. The quantitative estimate of drug-likeness (QED) is 0.400. The zero-order valence-corrected chi connectivity index (χ0v) is 16.9. The Hall–Kier alpha value is -3.64. The molecule has 30 heavy (non-hydrogen) atoms. The van der Waals surface area contributed by atoms with E-state index in [4.69, 9.17) is 16.3 Å². The third kappa shape index (κ3) is 4.04. The second-order valence-electron chi connectivity index (χ2n) is 6.69. The summed E-state index contributed by atoms with van der Waals surface area (Å²) in [5.74, 6) is 0.0791. The highest BCUT2D eigenvalue weighted by Crippen LogP contribution is 2.37. The first-order chi connectivity index (χ1) is 14.5. The average Bonchev–Trinajstić information content (AvgIpc) is 3.02. The van der Waals surface area contributed by atoms with E-state index in [0.29, 0.717) is 22.9 Å². The molecule has 1 heterocycles. The van der Waals surface area contributed by atoms with Gasteiger partial charge in [-0.15, -0.1) is 10.2 Å². The molecule has 4 aromatic rings. The number of rotatable bonds is 5. The molecule has 0 aliphatic carbocycles. The summed E-state index contributed by atoms with van der Waals surface area (Å²) >= 11 is 5.87. The van der Waals surface area contributed by atoms with Gasteiger partial charge in [-0.25, -0.2) is 0 Å². The molecule has 0 fully saturated rings. The second kappa shape index (κ2) is 8.39. The molecule has 0 bridgehead atoms. The van der Waals surface area contributed by atoms with E-state index in [2.05, 4.69) is 10.2 Å². The molecule has 1 amide bonds. The van der Waals surface area contributed by atoms with Gasteiger partial charge in [0.25, 0.3) is 5.91 Å². The number of aromatic hydroxyl groups is 1. The van der Waals surface area contributed by atoms with Gasteiger partial charge >= 0.3 is 0 Å². The SMILES string of the molecule is Cn1c(O)c(N=NC(=O)c2ccc(OCc3ccc(Cl)cc3)cc2)c2ccccc21. The van der Waals surface area contributed by atoms with Crippen LogP contribution in [0.15, 0.2) is 83.0 Å². The van der Waals surface area contributed by atoms with E-state index in [1.807, 2.05) is 36.4 Å². The van der Waals surface area contributed by atoms with E-state index < -0.39 is 5.91 Å². The van der Waals surface area contributed by atoms with Gasteiger partial charge in [-0.05, 0) is 48.0 Å². The Labute approximate surface area is 178 Å². The minimum absolute atomic E-state index is 0.0429. The van der Waals surface area contributed by atoms with Gasteiger partial charge in [0.15, 0.2) is 5.69 Å². The number of hydrogen-bond donors (Lipinski definition) is 1. The molecule has 1 N–H and O–H groups in total. The number of hydrogen-bond acceptors (Lipinski definition) is 4. The summed E-state index contributed by atoms with van der Waals surface area (Å²) in [6.07, 6.45) is 0. The number of carbonyl (C=O) groups excluding carboxylic acids is 1. The zero-order chi connectivity index (χ0) is 21.1. The topological polar surface area (TPSA) is 76.2 Å². The first-order valence-electron chi connectivity index (χ1n) is 9.22. The number of carbonyl (C=O) groups is 1. The molecule has 0 saturated carbocycles. The van der Waals surface area contributed by atoms with Crippen molar-refractivity contribution in [3.05, 3.63) is 88.9 Å². The first kappa shape index (κ1) is 19.7. The molecule has 0 spiro atoms. The summed E-state index contributed by atoms with van der Waals surface area (Å²) in [4.78, 5) is 12.4. The fraction of sp³-hybridized carbons (Fsp3) is 0.0870. The number of fused-ring (bicyclic) bond motifs is 1. The highest BCUT2D eigenvalue weighted by atomic mass is 35.5. The lowest BCUT2D eigenvalue weighted by atomic mass is 10.2. The standard InChI is InChI=1S/C23H18ClN3O3/c1-27-20-5-3-2-4-19(20)21(23(27)29)25-26-22(28)16-8-12-18(13-9-16)30-14-15-6-10-17(24)11-7-15/h2-13,29H,14H2,1H3. The van der Waals surface area contributed by atoms with Gasteiger partial charge in [-0.3, -0.25) is 4.79 Å². The molecule has 0 aliphatic rings. The highest BCUT2D eigenvalue weighted by molar-refractivity contribution is 6.30. The normalized spacial score (nSPS) is 11.3. The van der Waals surface area contributed by atoms with E-state index in [1.54, 1.807) is 48.0 Å². The maximum atomic E-state index is 12.4. The predicted molar refractivity (Wildman–Crippen MR) is 116 cm³/mol. The maximum Gasteiger partial charge on any atom is 0.295 e. The van der Waals surface area contributed by atoms with Crippen LogP contribution in [0.25, 0.3) is 10.9 Å². The molecule has 3 aromatic carbocycles. The van der Waals surface area contributed by atoms with Gasteiger partial charge < -0.3 is 14.4 Å². The van der Waals surface area contributed by atoms with Crippen molar-refractivity contribution in [2.24, 2.45) is 17.3 Å². The summed E-state index contributed by atoms with van der Waals surface area (Å²) in [7, 11) is 1.72. The number of halogens is 1. The molecule has 6 nitrogen and oxygen atoms in total. The number of ether oxygens (including phenoxy) is 1. The first-order valence-corrected chi connectivity index (χ1v) is 9.60.